The Morgan fingerprint density at radius 3 is 1.16 bits per heavy atom. The van der Waals surface area contributed by atoms with E-state index in [-0.39, 0.29) is 36.6 Å². The number of likely N-dealkylation sites (tertiary alicyclic amines) is 2. The molecule has 0 saturated carbocycles. The molecule has 3 aliphatic rings. The quantitative estimate of drug-likeness (QED) is 0.0901. The highest BCUT2D eigenvalue weighted by Gasteiger charge is 2.29. The first-order valence-electron chi connectivity index (χ1n) is 23.1. The van der Waals surface area contributed by atoms with Crippen molar-refractivity contribution in [2.24, 2.45) is 11.8 Å². The molecular weight excluding hydrogens is 809 g/mol. The van der Waals surface area contributed by atoms with Crippen LogP contribution in [-0.2, 0) is 54.7 Å². The largest absolute Gasteiger partial charge is 0.489 e. The molecule has 12 nitrogen and oxygen atoms in total. The Morgan fingerprint density at radius 2 is 0.797 bits per heavy atom. The van der Waals surface area contributed by atoms with Crippen LogP contribution < -0.4 is 9.47 Å². The summed E-state index contributed by atoms with van der Waals surface area (Å²) in [6.45, 7) is 8.28. The Morgan fingerprint density at radius 1 is 0.438 bits per heavy atom. The maximum absolute atomic E-state index is 13.2. The van der Waals surface area contributed by atoms with Crippen molar-refractivity contribution in [2.75, 3.05) is 78.7 Å². The Hall–Kier alpha value is -5.72. The van der Waals surface area contributed by atoms with Crippen LogP contribution in [0.2, 0.25) is 0 Å². The van der Waals surface area contributed by atoms with Gasteiger partial charge < -0.3 is 28.7 Å². The van der Waals surface area contributed by atoms with Gasteiger partial charge >= 0.3 is 11.9 Å². The monoisotopic (exact) mass is 872 g/mol. The van der Waals surface area contributed by atoms with Crippen LogP contribution in [0.4, 0.5) is 0 Å². The summed E-state index contributed by atoms with van der Waals surface area (Å²) in [5, 5.41) is 0. The van der Waals surface area contributed by atoms with E-state index < -0.39 is 0 Å². The van der Waals surface area contributed by atoms with E-state index in [2.05, 4.69) is 9.80 Å². The van der Waals surface area contributed by atoms with Crippen LogP contribution in [-0.4, -0.2) is 122 Å². The minimum absolute atomic E-state index is 0.127. The van der Waals surface area contributed by atoms with Crippen molar-refractivity contribution in [1.29, 1.82) is 0 Å². The van der Waals surface area contributed by atoms with Gasteiger partial charge in [0.2, 0.25) is 11.8 Å². The molecule has 4 aromatic carbocycles. The number of esters is 2. The van der Waals surface area contributed by atoms with Crippen molar-refractivity contribution in [1.82, 2.24) is 19.6 Å². The van der Waals surface area contributed by atoms with Crippen LogP contribution in [0, 0.1) is 11.8 Å². The third-order valence-electron chi connectivity index (χ3n) is 12.7. The van der Waals surface area contributed by atoms with Crippen molar-refractivity contribution in [2.45, 2.75) is 64.6 Å². The standard InChI is InChI=1S/C52H64N4O8/c57-49(37-53-25-19-41(20-26-53)23-33-61-51(59)35-43-11-15-47(16-12-43)63-39-45-7-3-1-4-8-45)55-29-31-56(32-30-55)50(58)38-54-27-21-42(22-28-54)24-34-62-52(60)36-44-13-17-48(18-14-44)64-40-46-9-5-2-6-10-46/h1-18,41-42H,19-40H2. The molecule has 64 heavy (non-hydrogen) atoms. The Kier molecular flexibility index (Phi) is 17.6. The van der Waals surface area contributed by atoms with E-state index in [1.165, 1.54) is 0 Å². The Labute approximate surface area is 378 Å². The lowest BCUT2D eigenvalue weighted by atomic mass is 9.94. The van der Waals surface area contributed by atoms with Crippen LogP contribution in [0.3, 0.4) is 0 Å². The molecule has 12 heteroatoms. The lowest BCUT2D eigenvalue weighted by Crippen LogP contribution is -2.54. The first kappa shape index (κ1) is 46.3. The van der Waals surface area contributed by atoms with Gasteiger partial charge in [0.05, 0.1) is 39.1 Å². The molecule has 0 radical (unpaired) electrons. The molecule has 0 unspecified atom stereocenters. The summed E-state index contributed by atoms with van der Waals surface area (Å²) in [5.41, 5.74) is 4.00. The molecule has 0 spiro atoms. The van der Waals surface area contributed by atoms with Crippen LogP contribution in [0.15, 0.2) is 109 Å². The van der Waals surface area contributed by atoms with Crippen LogP contribution in [0.5, 0.6) is 11.5 Å². The molecule has 0 aromatic heterocycles. The van der Waals surface area contributed by atoms with E-state index in [1.807, 2.05) is 119 Å². The van der Waals surface area contributed by atoms with E-state index >= 15 is 0 Å². The summed E-state index contributed by atoms with van der Waals surface area (Å²) in [5.74, 6) is 2.27. The van der Waals surface area contributed by atoms with Crippen LogP contribution in [0.1, 0.15) is 60.8 Å². The summed E-state index contributed by atoms with van der Waals surface area (Å²) in [4.78, 5) is 59.7. The third kappa shape index (κ3) is 15.2. The van der Waals surface area contributed by atoms with Crippen LogP contribution >= 0.6 is 0 Å². The number of nitrogens with zero attached hydrogens (tertiary/aromatic N) is 4. The van der Waals surface area contributed by atoms with Gasteiger partial charge in [-0.1, -0.05) is 84.9 Å². The number of rotatable bonds is 20. The highest BCUT2D eigenvalue weighted by molar-refractivity contribution is 5.80. The number of piperidine rings is 2. The molecule has 0 bridgehead atoms. The second-order valence-corrected chi connectivity index (χ2v) is 17.4. The molecule has 0 aliphatic carbocycles. The third-order valence-corrected chi connectivity index (χ3v) is 12.7. The summed E-state index contributed by atoms with van der Waals surface area (Å²) in [6.07, 6.45) is 6.03. The number of carbonyl (C=O) groups is 4. The lowest BCUT2D eigenvalue weighted by Gasteiger charge is -2.38. The number of benzene rings is 4. The second-order valence-electron chi connectivity index (χ2n) is 17.4. The first-order valence-corrected chi connectivity index (χ1v) is 23.1. The zero-order valence-corrected chi connectivity index (χ0v) is 37.2. The van der Waals surface area contributed by atoms with E-state index in [0.29, 0.717) is 77.5 Å². The zero-order valence-electron chi connectivity index (χ0n) is 37.2. The fourth-order valence-electron chi connectivity index (χ4n) is 8.66. The summed E-state index contributed by atoms with van der Waals surface area (Å²) < 4.78 is 22.9. The van der Waals surface area contributed by atoms with Gasteiger partial charge in [-0.15, -0.1) is 0 Å². The SMILES string of the molecule is O=C(Cc1ccc(OCc2ccccc2)cc1)OCCC1CCN(CC(=O)N2CCN(C(=O)CN3CCC(CCOC(=O)Cc4ccc(OCc5ccccc5)cc4)CC3)CC2)CC1. The number of ether oxygens (including phenoxy) is 4. The average molecular weight is 873 g/mol. The normalized spacial score (nSPS) is 16.6. The summed E-state index contributed by atoms with van der Waals surface area (Å²) >= 11 is 0. The molecule has 3 heterocycles. The molecule has 3 fully saturated rings. The minimum atomic E-state index is -0.225. The van der Waals surface area contributed by atoms with E-state index in [9.17, 15) is 19.2 Å². The highest BCUT2D eigenvalue weighted by Crippen LogP contribution is 2.23. The van der Waals surface area contributed by atoms with Crippen molar-refractivity contribution in [3.8, 4) is 11.5 Å². The summed E-state index contributed by atoms with van der Waals surface area (Å²) in [6, 6.07) is 35.2. The maximum atomic E-state index is 13.2. The molecule has 0 N–H and O–H groups in total. The maximum Gasteiger partial charge on any atom is 0.310 e. The van der Waals surface area contributed by atoms with E-state index in [4.69, 9.17) is 18.9 Å². The van der Waals surface area contributed by atoms with Crippen molar-refractivity contribution >= 4 is 23.8 Å². The number of piperazine rings is 1. The van der Waals surface area contributed by atoms with Gasteiger partial charge in [0, 0.05) is 26.2 Å². The molecule has 3 aliphatic heterocycles. The first-order chi connectivity index (χ1) is 31.3. The number of carbonyl (C=O) groups excluding carboxylic acids is 4. The molecule has 4 aromatic rings. The van der Waals surface area contributed by atoms with Gasteiger partial charge in [-0.2, -0.15) is 0 Å². The minimum Gasteiger partial charge on any atom is -0.489 e. The molecule has 7 rings (SSSR count). The highest BCUT2D eigenvalue weighted by atomic mass is 16.5. The van der Waals surface area contributed by atoms with E-state index in [1.54, 1.807) is 0 Å². The molecule has 2 amide bonds. The van der Waals surface area contributed by atoms with Gasteiger partial charge in [-0.05, 0) is 123 Å². The van der Waals surface area contributed by atoms with E-state index in [0.717, 1.165) is 98.5 Å². The Bertz CT molecular complexity index is 1890. The van der Waals surface area contributed by atoms with Gasteiger partial charge in [0.15, 0.2) is 0 Å². The fourth-order valence-corrected chi connectivity index (χ4v) is 8.66. The topological polar surface area (TPSA) is 118 Å². The second kappa shape index (κ2) is 24.4. The average Bonchev–Trinajstić information content (AvgIpc) is 3.33. The van der Waals surface area contributed by atoms with Gasteiger partial charge in [0.25, 0.3) is 0 Å². The number of amides is 2. The molecule has 3 saturated heterocycles. The zero-order chi connectivity index (χ0) is 44.4. The molecular formula is C52H64N4O8. The van der Waals surface area contributed by atoms with Gasteiger partial charge in [-0.25, -0.2) is 0 Å². The Balaban J connectivity index is 0.686. The number of hydrogen-bond donors (Lipinski definition) is 0. The van der Waals surface area contributed by atoms with Crippen molar-refractivity contribution < 1.29 is 38.1 Å². The van der Waals surface area contributed by atoms with Crippen molar-refractivity contribution in [3.63, 3.8) is 0 Å². The lowest BCUT2D eigenvalue weighted by molar-refractivity contribution is -0.144. The number of hydrogen-bond acceptors (Lipinski definition) is 10. The van der Waals surface area contributed by atoms with Crippen LogP contribution in [0.25, 0.3) is 0 Å². The predicted molar refractivity (Wildman–Crippen MR) is 244 cm³/mol. The summed E-state index contributed by atoms with van der Waals surface area (Å²) in [7, 11) is 0. The molecule has 0 atom stereocenters. The van der Waals surface area contributed by atoms with Gasteiger partial charge in [0.1, 0.15) is 24.7 Å². The van der Waals surface area contributed by atoms with Crippen molar-refractivity contribution in [3.05, 3.63) is 131 Å². The van der Waals surface area contributed by atoms with Gasteiger partial charge in [-0.3, -0.25) is 29.0 Å². The smallest absolute Gasteiger partial charge is 0.310 e. The molecule has 340 valence electrons. The predicted octanol–water partition coefficient (Wildman–Crippen LogP) is 6.59. The fraction of sp³-hybridized carbons (Fsp3) is 0.462.